The predicted octanol–water partition coefficient (Wildman–Crippen LogP) is 5.05. The van der Waals surface area contributed by atoms with E-state index in [4.69, 9.17) is 0 Å². The summed E-state index contributed by atoms with van der Waals surface area (Å²) in [6.07, 6.45) is 9.46. The van der Waals surface area contributed by atoms with Crippen molar-refractivity contribution in [2.24, 2.45) is 0 Å². The van der Waals surface area contributed by atoms with Crippen molar-refractivity contribution in [3.05, 3.63) is 54.2 Å². The summed E-state index contributed by atoms with van der Waals surface area (Å²) in [6, 6.07) is 15.3. The van der Waals surface area contributed by atoms with E-state index in [2.05, 4.69) is 27.8 Å². The van der Waals surface area contributed by atoms with Crippen molar-refractivity contribution in [3.8, 4) is 17.0 Å². The summed E-state index contributed by atoms with van der Waals surface area (Å²) in [5.41, 5.74) is 2.96. The van der Waals surface area contributed by atoms with Crippen LogP contribution in [0.3, 0.4) is 0 Å². The van der Waals surface area contributed by atoms with Gasteiger partial charge in [0.15, 0.2) is 5.88 Å². The largest absolute Gasteiger partial charge is 0.494 e. The number of rotatable bonds is 4. The summed E-state index contributed by atoms with van der Waals surface area (Å²) in [5, 5.41) is 12.9. The molecule has 3 aliphatic rings. The Hall–Kier alpha value is -2.79. The molecule has 6 rings (SSSR count). The van der Waals surface area contributed by atoms with Crippen molar-refractivity contribution in [1.29, 1.82) is 0 Å². The van der Waals surface area contributed by atoms with E-state index in [1.807, 2.05) is 35.2 Å². The Morgan fingerprint density at radius 2 is 1.59 bits per heavy atom. The van der Waals surface area contributed by atoms with Crippen LogP contribution in [0.25, 0.3) is 21.9 Å². The molecular weight excluding hydrogens is 398 g/mol. The Bertz CT molecular complexity index is 1140. The Kier molecular flexibility index (Phi) is 4.94. The number of likely N-dealkylation sites (tertiary alicyclic amines) is 2. The highest BCUT2D eigenvalue weighted by Crippen LogP contribution is 2.38. The second kappa shape index (κ2) is 7.96. The maximum absolute atomic E-state index is 12.6. The van der Waals surface area contributed by atoms with Gasteiger partial charge in [0.05, 0.1) is 6.04 Å². The molecular formula is C27H31N3O2. The number of aromatic hydroxyl groups is 1. The summed E-state index contributed by atoms with van der Waals surface area (Å²) in [4.78, 5) is 17.2. The lowest BCUT2D eigenvalue weighted by Gasteiger charge is -2.34. The van der Waals surface area contributed by atoms with Crippen LogP contribution >= 0.6 is 0 Å². The average Bonchev–Trinajstić information content (AvgIpc) is 3.53. The highest BCUT2D eigenvalue weighted by Gasteiger charge is 2.33. The van der Waals surface area contributed by atoms with Crippen molar-refractivity contribution < 1.29 is 9.90 Å². The van der Waals surface area contributed by atoms with Crippen molar-refractivity contribution in [2.45, 2.75) is 50.6 Å². The lowest BCUT2D eigenvalue weighted by molar-refractivity contribution is 0.0793. The van der Waals surface area contributed by atoms with Crippen LogP contribution in [0.15, 0.2) is 48.7 Å². The first-order valence-corrected chi connectivity index (χ1v) is 12.1. The van der Waals surface area contributed by atoms with Crippen LogP contribution < -0.4 is 0 Å². The van der Waals surface area contributed by atoms with Gasteiger partial charge in [-0.25, -0.2) is 0 Å². The second-order valence-corrected chi connectivity index (χ2v) is 9.76. The number of amides is 1. The summed E-state index contributed by atoms with van der Waals surface area (Å²) < 4.78 is 2.09. The van der Waals surface area contributed by atoms with E-state index < -0.39 is 0 Å². The smallest absolute Gasteiger partial charge is 0.253 e. The van der Waals surface area contributed by atoms with E-state index in [0.29, 0.717) is 11.9 Å². The molecule has 1 aliphatic carbocycles. The fourth-order valence-electron chi connectivity index (χ4n) is 5.67. The summed E-state index contributed by atoms with van der Waals surface area (Å²) in [5.74, 6) is 0.526. The first kappa shape index (κ1) is 19.9. The molecule has 1 atom stereocenters. The van der Waals surface area contributed by atoms with Gasteiger partial charge in [0, 0.05) is 54.8 Å². The maximum atomic E-state index is 12.6. The Morgan fingerprint density at radius 1 is 0.844 bits per heavy atom. The van der Waals surface area contributed by atoms with Gasteiger partial charge in [-0.1, -0.05) is 24.6 Å². The van der Waals surface area contributed by atoms with Gasteiger partial charge in [0.2, 0.25) is 0 Å². The molecule has 1 aromatic heterocycles. The molecule has 5 heteroatoms. The quantitative estimate of drug-likeness (QED) is 0.631. The number of nitrogens with zero attached hydrogens (tertiary/aromatic N) is 3. The topological polar surface area (TPSA) is 48.7 Å². The van der Waals surface area contributed by atoms with Crippen molar-refractivity contribution in [2.75, 3.05) is 26.2 Å². The van der Waals surface area contributed by atoms with Crippen LogP contribution in [0.4, 0.5) is 0 Å². The lowest BCUT2D eigenvalue weighted by atomic mass is 9.92. The number of carbonyl (C=O) groups excluding carboxylic acids is 1. The number of carbonyl (C=O) groups is 1. The van der Waals surface area contributed by atoms with E-state index in [1.165, 1.54) is 19.3 Å². The highest BCUT2D eigenvalue weighted by atomic mass is 16.3. The second-order valence-electron chi connectivity index (χ2n) is 9.76. The molecule has 5 nitrogen and oxygen atoms in total. The number of hydrogen-bond acceptors (Lipinski definition) is 3. The number of fused-ring (bicyclic) bond motifs is 1. The summed E-state index contributed by atoms with van der Waals surface area (Å²) in [7, 11) is 0. The number of aromatic nitrogens is 1. The average molecular weight is 430 g/mol. The molecule has 1 N–H and O–H groups in total. The van der Waals surface area contributed by atoms with Gasteiger partial charge in [0.25, 0.3) is 5.91 Å². The van der Waals surface area contributed by atoms with Crippen LogP contribution in [-0.4, -0.2) is 57.6 Å². The van der Waals surface area contributed by atoms with Gasteiger partial charge in [-0.3, -0.25) is 9.69 Å². The molecule has 2 aliphatic heterocycles. The predicted molar refractivity (Wildman–Crippen MR) is 127 cm³/mol. The zero-order valence-corrected chi connectivity index (χ0v) is 18.5. The summed E-state index contributed by atoms with van der Waals surface area (Å²) >= 11 is 0. The molecule has 0 unspecified atom stereocenters. The van der Waals surface area contributed by atoms with Gasteiger partial charge in [-0.05, 0) is 67.5 Å². The van der Waals surface area contributed by atoms with Crippen molar-refractivity contribution in [1.82, 2.24) is 14.4 Å². The van der Waals surface area contributed by atoms with E-state index >= 15 is 0 Å². The number of hydrogen-bond donors (Lipinski definition) is 1. The van der Waals surface area contributed by atoms with E-state index in [1.54, 1.807) is 0 Å². The van der Waals surface area contributed by atoms with Gasteiger partial charge in [0.1, 0.15) is 0 Å². The third-order valence-electron chi connectivity index (χ3n) is 7.85. The minimum atomic E-state index is 0.138. The van der Waals surface area contributed by atoms with E-state index in [0.717, 1.165) is 78.9 Å². The normalized spacial score (nSPS) is 22.0. The molecule has 1 amide bonds. The molecule has 0 bridgehead atoms. The fraction of sp³-hybridized carbons (Fsp3) is 0.444. The highest BCUT2D eigenvalue weighted by molar-refractivity contribution is 5.95. The molecule has 3 fully saturated rings. The lowest BCUT2D eigenvalue weighted by Crippen LogP contribution is -2.38. The fourth-order valence-corrected chi connectivity index (χ4v) is 5.67. The third kappa shape index (κ3) is 3.39. The monoisotopic (exact) mass is 429 g/mol. The molecule has 0 spiro atoms. The van der Waals surface area contributed by atoms with Crippen molar-refractivity contribution in [3.63, 3.8) is 0 Å². The zero-order chi connectivity index (χ0) is 21.7. The van der Waals surface area contributed by atoms with Gasteiger partial charge >= 0.3 is 0 Å². The van der Waals surface area contributed by atoms with Crippen LogP contribution in [0.5, 0.6) is 5.88 Å². The molecule has 1 saturated carbocycles. The number of benzene rings is 2. The van der Waals surface area contributed by atoms with Gasteiger partial charge in [-0.15, -0.1) is 0 Å². The Labute approximate surface area is 189 Å². The third-order valence-corrected chi connectivity index (χ3v) is 7.85. The molecule has 0 radical (unpaired) electrons. The first-order valence-electron chi connectivity index (χ1n) is 12.1. The zero-order valence-electron chi connectivity index (χ0n) is 18.5. The first-order chi connectivity index (χ1) is 15.7. The maximum Gasteiger partial charge on any atom is 0.253 e. The summed E-state index contributed by atoms with van der Waals surface area (Å²) in [6.45, 7) is 3.92. The Balaban J connectivity index is 1.23. The van der Waals surface area contributed by atoms with Crippen LogP contribution in [0.1, 0.15) is 54.9 Å². The molecule has 3 heterocycles. The Morgan fingerprint density at radius 3 is 2.31 bits per heavy atom. The van der Waals surface area contributed by atoms with Crippen LogP contribution in [0, 0.1) is 0 Å². The molecule has 3 aromatic rings. The van der Waals surface area contributed by atoms with Gasteiger partial charge < -0.3 is 14.6 Å². The standard InChI is InChI=1S/C27H31N3O2/c31-26(28-13-1-2-14-28)20-8-6-19(7-9-20)21-10-11-25-22(16-21)17-30(27(25)32)24-12-15-29(18-24)23-4-3-5-23/h6-11,16-17,23-24,32H,1-5,12-15,18H2/t24-/m1/s1. The molecule has 2 aromatic carbocycles. The molecule has 32 heavy (non-hydrogen) atoms. The van der Waals surface area contributed by atoms with Crippen molar-refractivity contribution >= 4 is 16.7 Å². The van der Waals surface area contributed by atoms with E-state index in [9.17, 15) is 9.90 Å². The van der Waals surface area contributed by atoms with Crippen LogP contribution in [0.2, 0.25) is 0 Å². The minimum absolute atomic E-state index is 0.138. The minimum Gasteiger partial charge on any atom is -0.494 e. The van der Waals surface area contributed by atoms with E-state index in [-0.39, 0.29) is 5.91 Å². The molecule has 2 saturated heterocycles. The molecule has 166 valence electrons. The van der Waals surface area contributed by atoms with Gasteiger partial charge in [-0.2, -0.15) is 0 Å². The van der Waals surface area contributed by atoms with Crippen LogP contribution in [-0.2, 0) is 0 Å². The SMILES string of the molecule is O=C(c1ccc(-c2ccc3c(O)n([C@@H]4CCN(C5CCC5)C4)cc3c2)cc1)N1CCCC1.